The summed E-state index contributed by atoms with van der Waals surface area (Å²) in [7, 11) is 0. The third kappa shape index (κ3) is 4.54. The Morgan fingerprint density at radius 2 is 1.85 bits per heavy atom. The molecule has 1 aromatic carbocycles. The van der Waals surface area contributed by atoms with Gasteiger partial charge in [0.2, 0.25) is 0 Å². The monoisotopic (exact) mass is 386 g/mol. The van der Waals surface area contributed by atoms with E-state index in [-0.39, 0.29) is 24.3 Å². The molecule has 1 aromatic heterocycles. The Morgan fingerprint density at radius 1 is 1.11 bits per heavy atom. The number of imide groups is 1. The number of rotatable bonds is 8. The second-order valence-electron chi connectivity index (χ2n) is 5.84. The summed E-state index contributed by atoms with van der Waals surface area (Å²) in [6.07, 6.45) is 1.62. The minimum Gasteiger partial charge on any atom is -0.492 e. The lowest BCUT2D eigenvalue weighted by atomic mass is 10.3. The number of para-hydroxylation sites is 1. The maximum absolute atomic E-state index is 12.5. The third-order valence-corrected chi connectivity index (χ3v) is 5.07. The zero-order valence-electron chi connectivity index (χ0n) is 15.4. The zero-order chi connectivity index (χ0) is 19.2. The minimum atomic E-state index is -0.317. The summed E-state index contributed by atoms with van der Waals surface area (Å²) in [6, 6.07) is 13.0. The smallest absolute Gasteiger partial charge is 0.293 e. The molecular weight excluding hydrogens is 364 g/mol. The van der Waals surface area contributed by atoms with Crippen molar-refractivity contribution in [2.45, 2.75) is 13.8 Å². The SMILES string of the molecule is CCN(CC)c1ccc(/C=C2\SC(=O)N(CCOc3ccccc3)C2=O)o1. The zero-order valence-corrected chi connectivity index (χ0v) is 16.2. The minimum absolute atomic E-state index is 0.208. The molecule has 0 atom stereocenters. The highest BCUT2D eigenvalue weighted by molar-refractivity contribution is 8.18. The Hall–Kier alpha value is -2.67. The quantitative estimate of drug-likeness (QED) is 0.632. The highest BCUT2D eigenvalue weighted by atomic mass is 32.2. The molecule has 1 saturated heterocycles. The molecule has 3 rings (SSSR count). The van der Waals surface area contributed by atoms with Crippen LogP contribution >= 0.6 is 11.8 Å². The van der Waals surface area contributed by atoms with E-state index in [0.29, 0.717) is 16.4 Å². The summed E-state index contributed by atoms with van der Waals surface area (Å²) < 4.78 is 11.4. The predicted octanol–water partition coefficient (Wildman–Crippen LogP) is 4.24. The number of hydrogen-bond donors (Lipinski definition) is 0. The summed E-state index contributed by atoms with van der Waals surface area (Å²) >= 11 is 0.921. The van der Waals surface area contributed by atoms with Crippen LogP contribution in [0.25, 0.3) is 6.08 Å². The first-order chi connectivity index (χ1) is 13.1. The molecule has 2 aromatic rings. The number of thioether (sulfide) groups is 1. The first-order valence-corrected chi connectivity index (χ1v) is 9.72. The number of benzene rings is 1. The molecule has 0 aliphatic carbocycles. The van der Waals surface area contributed by atoms with Gasteiger partial charge in [0.15, 0.2) is 5.88 Å². The molecule has 27 heavy (non-hydrogen) atoms. The van der Waals surface area contributed by atoms with Crippen LogP contribution in [0.1, 0.15) is 19.6 Å². The molecule has 0 N–H and O–H groups in total. The number of carbonyl (C=O) groups is 2. The molecular formula is C20H22N2O4S. The molecule has 142 valence electrons. The van der Waals surface area contributed by atoms with E-state index in [4.69, 9.17) is 9.15 Å². The van der Waals surface area contributed by atoms with Crippen LogP contribution < -0.4 is 9.64 Å². The van der Waals surface area contributed by atoms with Crippen LogP contribution in [-0.4, -0.2) is 42.3 Å². The lowest BCUT2D eigenvalue weighted by Gasteiger charge is -2.16. The molecule has 1 aliphatic heterocycles. The van der Waals surface area contributed by atoms with Crippen molar-refractivity contribution in [2.24, 2.45) is 0 Å². The largest absolute Gasteiger partial charge is 0.492 e. The summed E-state index contributed by atoms with van der Waals surface area (Å²) in [6.45, 7) is 6.23. The first kappa shape index (κ1) is 19.1. The number of nitrogens with zero attached hydrogens (tertiary/aromatic N) is 2. The Morgan fingerprint density at radius 3 is 2.56 bits per heavy atom. The number of furan rings is 1. The van der Waals surface area contributed by atoms with Gasteiger partial charge in [0.25, 0.3) is 11.1 Å². The van der Waals surface area contributed by atoms with Gasteiger partial charge < -0.3 is 14.1 Å². The predicted molar refractivity (Wildman–Crippen MR) is 107 cm³/mol. The second-order valence-corrected chi connectivity index (χ2v) is 6.84. The van der Waals surface area contributed by atoms with Gasteiger partial charge in [-0.15, -0.1) is 0 Å². The van der Waals surface area contributed by atoms with E-state index >= 15 is 0 Å². The van der Waals surface area contributed by atoms with Crippen molar-refractivity contribution in [1.82, 2.24) is 4.90 Å². The van der Waals surface area contributed by atoms with Crippen molar-refractivity contribution in [2.75, 3.05) is 31.1 Å². The van der Waals surface area contributed by atoms with Crippen LogP contribution in [0.15, 0.2) is 51.8 Å². The van der Waals surface area contributed by atoms with Gasteiger partial charge in [-0.1, -0.05) is 18.2 Å². The Bertz CT molecular complexity index is 828. The topological polar surface area (TPSA) is 63.0 Å². The average molecular weight is 386 g/mol. The van der Waals surface area contributed by atoms with E-state index in [1.165, 1.54) is 4.90 Å². The molecule has 2 heterocycles. The van der Waals surface area contributed by atoms with Crippen molar-refractivity contribution in [3.05, 3.63) is 53.1 Å². The number of amides is 2. The average Bonchev–Trinajstić information content (AvgIpc) is 3.24. The summed E-state index contributed by atoms with van der Waals surface area (Å²) in [4.78, 5) is 28.3. The number of carbonyl (C=O) groups excluding carboxylic acids is 2. The van der Waals surface area contributed by atoms with Gasteiger partial charge in [-0.2, -0.15) is 0 Å². The van der Waals surface area contributed by atoms with E-state index in [0.717, 1.165) is 30.7 Å². The van der Waals surface area contributed by atoms with Crippen LogP contribution in [-0.2, 0) is 4.79 Å². The van der Waals surface area contributed by atoms with Gasteiger partial charge in [-0.3, -0.25) is 14.5 Å². The van der Waals surface area contributed by atoms with E-state index in [1.54, 1.807) is 12.1 Å². The maximum atomic E-state index is 12.5. The van der Waals surface area contributed by atoms with Crippen molar-refractivity contribution in [1.29, 1.82) is 0 Å². The molecule has 0 saturated carbocycles. The summed E-state index contributed by atoms with van der Waals surface area (Å²) in [5.41, 5.74) is 0. The highest BCUT2D eigenvalue weighted by Gasteiger charge is 2.35. The maximum Gasteiger partial charge on any atom is 0.293 e. The molecule has 0 bridgehead atoms. The summed E-state index contributed by atoms with van der Waals surface area (Å²) in [5, 5.41) is -0.293. The Balaban J connectivity index is 1.62. The third-order valence-electron chi connectivity index (χ3n) is 4.16. The number of hydrogen-bond acceptors (Lipinski definition) is 6. The fourth-order valence-corrected chi connectivity index (χ4v) is 3.56. The van der Waals surface area contributed by atoms with E-state index in [1.807, 2.05) is 36.4 Å². The van der Waals surface area contributed by atoms with Gasteiger partial charge >= 0.3 is 0 Å². The molecule has 0 unspecified atom stereocenters. The molecule has 7 heteroatoms. The lowest BCUT2D eigenvalue weighted by molar-refractivity contribution is -0.123. The standard InChI is InChI=1S/C20H22N2O4S/c1-3-21(4-2)18-11-10-16(26-18)14-17-19(23)22(20(24)27-17)12-13-25-15-8-6-5-7-9-15/h5-11,14H,3-4,12-13H2,1-2H3/b17-14-. The van der Waals surface area contributed by atoms with Crippen molar-refractivity contribution >= 4 is 34.9 Å². The normalized spacial score (nSPS) is 15.6. The van der Waals surface area contributed by atoms with E-state index in [9.17, 15) is 9.59 Å². The van der Waals surface area contributed by atoms with Gasteiger partial charge in [-0.05, 0) is 43.8 Å². The Labute approximate surface area is 162 Å². The number of ether oxygens (including phenoxy) is 1. The van der Waals surface area contributed by atoms with Crippen LogP contribution in [0.4, 0.5) is 10.7 Å². The van der Waals surface area contributed by atoms with Gasteiger partial charge in [0.1, 0.15) is 18.1 Å². The van der Waals surface area contributed by atoms with Crippen LogP contribution in [0.5, 0.6) is 5.75 Å². The van der Waals surface area contributed by atoms with E-state index < -0.39 is 0 Å². The van der Waals surface area contributed by atoms with E-state index in [2.05, 4.69) is 18.7 Å². The van der Waals surface area contributed by atoms with Crippen molar-refractivity contribution < 1.29 is 18.7 Å². The number of anilines is 1. The van der Waals surface area contributed by atoms with Crippen LogP contribution in [0, 0.1) is 0 Å². The fraction of sp³-hybridized carbons (Fsp3) is 0.300. The van der Waals surface area contributed by atoms with Gasteiger partial charge in [0.05, 0.1) is 11.4 Å². The second kappa shape index (κ2) is 8.81. The molecule has 0 radical (unpaired) electrons. The lowest BCUT2D eigenvalue weighted by Crippen LogP contribution is -2.32. The summed E-state index contributed by atoms with van der Waals surface area (Å²) in [5.74, 6) is 1.70. The highest BCUT2D eigenvalue weighted by Crippen LogP contribution is 2.33. The van der Waals surface area contributed by atoms with Crippen molar-refractivity contribution in [3.8, 4) is 5.75 Å². The van der Waals surface area contributed by atoms with Crippen molar-refractivity contribution in [3.63, 3.8) is 0 Å². The first-order valence-electron chi connectivity index (χ1n) is 8.90. The molecule has 1 aliphatic rings. The molecule has 2 amide bonds. The molecule has 1 fully saturated rings. The molecule has 0 spiro atoms. The van der Waals surface area contributed by atoms with Gasteiger partial charge in [0, 0.05) is 25.2 Å². The van der Waals surface area contributed by atoms with Crippen LogP contribution in [0.3, 0.4) is 0 Å². The Kier molecular flexibility index (Phi) is 6.24. The molecule has 6 nitrogen and oxygen atoms in total. The van der Waals surface area contributed by atoms with Gasteiger partial charge in [-0.25, -0.2) is 0 Å². The fourth-order valence-electron chi connectivity index (χ4n) is 2.72. The van der Waals surface area contributed by atoms with Crippen LogP contribution in [0.2, 0.25) is 0 Å².